The van der Waals surface area contributed by atoms with Crippen molar-refractivity contribution in [3.05, 3.63) is 70.3 Å². The summed E-state index contributed by atoms with van der Waals surface area (Å²) in [5, 5.41) is 11.7. The molecule has 1 heterocycles. The van der Waals surface area contributed by atoms with E-state index in [1.807, 2.05) is 6.92 Å². The van der Waals surface area contributed by atoms with E-state index >= 15 is 0 Å². The molecule has 168 valence electrons. The van der Waals surface area contributed by atoms with Crippen LogP contribution in [0.15, 0.2) is 64.5 Å². The molecular weight excluding hydrogens is 452 g/mol. The van der Waals surface area contributed by atoms with Crippen LogP contribution in [-0.2, 0) is 14.8 Å². The number of benzene rings is 2. The highest BCUT2D eigenvalue weighted by molar-refractivity contribution is 8.14. The molecule has 3 rings (SSSR count). The van der Waals surface area contributed by atoms with Crippen LogP contribution in [0.25, 0.3) is 6.08 Å². The number of para-hydroxylation sites is 1. The summed E-state index contributed by atoms with van der Waals surface area (Å²) in [6.45, 7) is 2.37. The number of amidine groups is 1. The molecule has 9 nitrogen and oxygen atoms in total. The normalized spacial score (nSPS) is 18.1. The molecule has 11 heteroatoms. The first-order valence-electron chi connectivity index (χ1n) is 9.60. The van der Waals surface area contributed by atoms with Crippen LogP contribution in [0.5, 0.6) is 0 Å². The van der Waals surface area contributed by atoms with Crippen LogP contribution in [0.4, 0.5) is 11.4 Å². The van der Waals surface area contributed by atoms with Gasteiger partial charge in [0.25, 0.3) is 11.6 Å². The Morgan fingerprint density at radius 3 is 2.66 bits per heavy atom. The van der Waals surface area contributed by atoms with Gasteiger partial charge in [0.05, 0.1) is 21.1 Å². The van der Waals surface area contributed by atoms with E-state index in [2.05, 4.69) is 4.99 Å². The predicted molar refractivity (Wildman–Crippen MR) is 125 cm³/mol. The Kier molecular flexibility index (Phi) is 7.12. The van der Waals surface area contributed by atoms with Crippen molar-refractivity contribution in [2.75, 3.05) is 20.6 Å². The first-order valence-corrected chi connectivity index (χ1v) is 11.9. The van der Waals surface area contributed by atoms with E-state index in [9.17, 15) is 23.3 Å². The Morgan fingerprint density at radius 2 is 1.97 bits per heavy atom. The highest BCUT2D eigenvalue weighted by Gasteiger charge is 2.30. The summed E-state index contributed by atoms with van der Waals surface area (Å²) >= 11 is 1.40. The molecule has 1 aliphatic heterocycles. The second kappa shape index (κ2) is 9.63. The lowest BCUT2D eigenvalue weighted by atomic mass is 10.1. The smallest absolute Gasteiger partial charge is 0.276 e. The number of nitro groups is 1. The summed E-state index contributed by atoms with van der Waals surface area (Å²) in [7, 11) is -0.712. The van der Waals surface area contributed by atoms with Crippen molar-refractivity contribution in [3.63, 3.8) is 0 Å². The molecule has 0 spiro atoms. The standard InChI is InChI=1S/C21H22N4O5S2/c1-15-14-24(20(26)12-11-16-7-4-5-10-19(16)25(27)28)21(31-15)22-17-8-6-9-18(13-17)32(29,30)23(2)3/h4-13,15H,14H2,1-3H3/b12-11+,22-21?. The SMILES string of the molecule is CC1CN(C(=O)/C=C/c2ccccc2[N+](=O)[O-])C(=Nc2cccc(S(=O)(=O)N(C)C)c2)S1. The van der Waals surface area contributed by atoms with Crippen LogP contribution in [0.2, 0.25) is 0 Å². The zero-order valence-corrected chi connectivity index (χ0v) is 19.3. The van der Waals surface area contributed by atoms with Crippen molar-refractivity contribution in [1.82, 2.24) is 9.21 Å². The maximum atomic E-state index is 12.8. The Bertz CT molecular complexity index is 1210. The number of hydrogen-bond donors (Lipinski definition) is 0. The van der Waals surface area contributed by atoms with E-state index < -0.39 is 14.9 Å². The number of hydrogen-bond acceptors (Lipinski definition) is 7. The molecule has 0 aliphatic carbocycles. The summed E-state index contributed by atoms with van der Waals surface area (Å²) in [5.41, 5.74) is 0.643. The minimum Gasteiger partial charge on any atom is -0.287 e. The molecule has 0 radical (unpaired) electrons. The third-order valence-electron chi connectivity index (χ3n) is 4.60. The van der Waals surface area contributed by atoms with Gasteiger partial charge >= 0.3 is 0 Å². The van der Waals surface area contributed by atoms with Gasteiger partial charge in [0.2, 0.25) is 10.0 Å². The van der Waals surface area contributed by atoms with Crippen molar-refractivity contribution in [2.45, 2.75) is 17.1 Å². The number of thioether (sulfide) groups is 1. The second-order valence-electron chi connectivity index (χ2n) is 7.21. The van der Waals surface area contributed by atoms with E-state index in [1.165, 1.54) is 61.1 Å². The molecule has 1 aliphatic rings. The van der Waals surface area contributed by atoms with E-state index in [0.29, 0.717) is 23.0 Å². The van der Waals surface area contributed by atoms with Crippen molar-refractivity contribution >= 4 is 50.3 Å². The zero-order chi connectivity index (χ0) is 23.5. The molecular formula is C21H22N4O5S2. The van der Waals surface area contributed by atoms with Gasteiger partial charge in [-0.1, -0.05) is 36.9 Å². The van der Waals surface area contributed by atoms with Crippen molar-refractivity contribution in [3.8, 4) is 0 Å². The summed E-state index contributed by atoms with van der Waals surface area (Å²) in [6, 6.07) is 12.4. The molecule has 1 unspecified atom stereocenters. The number of carbonyl (C=O) groups is 1. The van der Waals surface area contributed by atoms with Crippen LogP contribution in [0.1, 0.15) is 12.5 Å². The van der Waals surface area contributed by atoms with Crippen LogP contribution < -0.4 is 0 Å². The summed E-state index contributed by atoms with van der Waals surface area (Å²) in [6.07, 6.45) is 2.69. The van der Waals surface area contributed by atoms with Crippen molar-refractivity contribution in [2.24, 2.45) is 4.99 Å². The topological polar surface area (TPSA) is 113 Å². The maximum Gasteiger partial charge on any atom is 0.276 e. The third-order valence-corrected chi connectivity index (χ3v) is 7.49. The minimum absolute atomic E-state index is 0.0888. The molecule has 1 saturated heterocycles. The van der Waals surface area contributed by atoms with Gasteiger partial charge in [0.1, 0.15) is 0 Å². The molecule has 1 atom stereocenters. The number of rotatable bonds is 6. The van der Waals surface area contributed by atoms with Crippen molar-refractivity contribution in [1.29, 1.82) is 0 Å². The molecule has 0 N–H and O–H groups in total. The fraction of sp³-hybridized carbons (Fsp3) is 0.238. The zero-order valence-electron chi connectivity index (χ0n) is 17.7. The van der Waals surface area contributed by atoms with E-state index in [-0.39, 0.29) is 21.7 Å². The first-order chi connectivity index (χ1) is 15.1. The molecule has 0 aromatic heterocycles. The van der Waals surface area contributed by atoms with Gasteiger partial charge in [-0.25, -0.2) is 17.7 Å². The van der Waals surface area contributed by atoms with Gasteiger partial charge in [0, 0.05) is 38.0 Å². The fourth-order valence-corrected chi connectivity index (χ4v) is 4.94. The third kappa shape index (κ3) is 5.23. The Balaban J connectivity index is 1.88. The summed E-state index contributed by atoms with van der Waals surface area (Å²) in [5.74, 6) is -0.365. The molecule has 1 amide bonds. The number of nitro benzene ring substituents is 1. The average Bonchev–Trinajstić information content (AvgIpc) is 3.12. The van der Waals surface area contributed by atoms with Gasteiger partial charge < -0.3 is 0 Å². The van der Waals surface area contributed by atoms with Crippen LogP contribution in [0, 0.1) is 10.1 Å². The van der Waals surface area contributed by atoms with E-state index in [0.717, 1.165) is 4.31 Å². The Hall–Kier alpha value is -3.02. The van der Waals surface area contributed by atoms with Crippen LogP contribution in [0.3, 0.4) is 0 Å². The summed E-state index contributed by atoms with van der Waals surface area (Å²) in [4.78, 5) is 29.6. The molecule has 2 aromatic carbocycles. The predicted octanol–water partition coefficient (Wildman–Crippen LogP) is 3.51. The highest BCUT2D eigenvalue weighted by Crippen LogP contribution is 2.30. The van der Waals surface area contributed by atoms with Gasteiger partial charge in [-0.3, -0.25) is 19.8 Å². The van der Waals surface area contributed by atoms with Crippen molar-refractivity contribution < 1.29 is 18.1 Å². The first kappa shape index (κ1) is 23.6. The van der Waals surface area contributed by atoms with Gasteiger partial charge in [-0.2, -0.15) is 0 Å². The summed E-state index contributed by atoms with van der Waals surface area (Å²) < 4.78 is 25.9. The lowest BCUT2D eigenvalue weighted by molar-refractivity contribution is -0.385. The minimum atomic E-state index is -3.61. The quantitative estimate of drug-likeness (QED) is 0.360. The van der Waals surface area contributed by atoms with Gasteiger partial charge in [-0.05, 0) is 30.3 Å². The maximum absolute atomic E-state index is 12.8. The van der Waals surface area contributed by atoms with Gasteiger partial charge in [0.15, 0.2) is 5.17 Å². The molecule has 0 saturated carbocycles. The number of nitrogens with zero attached hydrogens (tertiary/aromatic N) is 4. The van der Waals surface area contributed by atoms with Gasteiger partial charge in [-0.15, -0.1) is 0 Å². The fourth-order valence-electron chi connectivity index (χ4n) is 2.97. The number of aliphatic imine (C=N–C) groups is 1. The number of carbonyl (C=O) groups excluding carboxylic acids is 1. The average molecular weight is 475 g/mol. The molecule has 0 bridgehead atoms. The largest absolute Gasteiger partial charge is 0.287 e. The Labute approximate surface area is 190 Å². The molecule has 2 aromatic rings. The Morgan fingerprint density at radius 1 is 1.25 bits per heavy atom. The second-order valence-corrected chi connectivity index (χ2v) is 10.8. The lowest BCUT2D eigenvalue weighted by Gasteiger charge is -2.14. The molecule has 1 fully saturated rings. The van der Waals surface area contributed by atoms with Crippen LogP contribution >= 0.6 is 11.8 Å². The monoisotopic (exact) mass is 474 g/mol. The molecule has 32 heavy (non-hydrogen) atoms. The van der Waals surface area contributed by atoms with E-state index in [4.69, 9.17) is 0 Å². The lowest BCUT2D eigenvalue weighted by Crippen LogP contribution is -2.30. The van der Waals surface area contributed by atoms with Crippen LogP contribution in [-0.4, -0.2) is 59.5 Å². The highest BCUT2D eigenvalue weighted by atomic mass is 32.2. The van der Waals surface area contributed by atoms with E-state index in [1.54, 1.807) is 30.3 Å². The number of sulfonamides is 1. The number of amides is 1.